The lowest BCUT2D eigenvalue weighted by Gasteiger charge is -2.25. The van der Waals surface area contributed by atoms with Crippen LogP contribution in [0.15, 0.2) is 0 Å². The number of esters is 2. The van der Waals surface area contributed by atoms with Crippen molar-refractivity contribution in [1.82, 2.24) is 0 Å². The molecule has 0 unspecified atom stereocenters. The Bertz CT molecular complexity index is 390. The fraction of sp³-hybridized carbons (Fsp3) is 0.857. The highest BCUT2D eigenvalue weighted by molar-refractivity contribution is 6.67. The average Bonchev–Trinajstić information content (AvgIpc) is 2.77. The lowest BCUT2D eigenvalue weighted by atomic mass is 9.84. The van der Waals surface area contributed by atoms with Gasteiger partial charge >= 0.3 is 11.9 Å². The second-order valence-electron chi connectivity index (χ2n) is 5.43. The van der Waals surface area contributed by atoms with E-state index in [1.54, 1.807) is 13.8 Å². The molecule has 0 N–H and O–H groups in total. The summed E-state index contributed by atoms with van der Waals surface area (Å²) < 4.78 is 8.71. The first-order valence-electron chi connectivity index (χ1n) is 7.17. The summed E-state index contributed by atoms with van der Waals surface area (Å²) in [5, 5.41) is 0. The molecule has 0 aromatic carbocycles. The van der Waals surface area contributed by atoms with Gasteiger partial charge in [-0.3, -0.25) is 9.59 Å². The largest absolute Gasteiger partial charge is 0.465 e. The maximum atomic E-state index is 12.4. The highest BCUT2D eigenvalue weighted by Gasteiger charge is 2.58. The lowest BCUT2D eigenvalue weighted by Crippen LogP contribution is -2.40. The molecule has 1 fully saturated rings. The first kappa shape index (κ1) is 20.1. The zero-order chi connectivity index (χ0) is 17.0. The number of alkyl halides is 4. The van der Waals surface area contributed by atoms with Gasteiger partial charge in [0.1, 0.15) is 0 Å². The second-order valence-corrected chi connectivity index (χ2v) is 8.25. The van der Waals surface area contributed by atoms with E-state index >= 15 is 0 Å². The van der Waals surface area contributed by atoms with Crippen molar-refractivity contribution < 1.29 is 19.1 Å². The Balaban J connectivity index is 3.07. The minimum absolute atomic E-state index is 0.119. The van der Waals surface area contributed by atoms with Gasteiger partial charge in [-0.2, -0.15) is 0 Å². The first-order chi connectivity index (χ1) is 10.2. The molecule has 1 aliphatic rings. The highest BCUT2D eigenvalue weighted by Crippen LogP contribution is 2.52. The van der Waals surface area contributed by atoms with Crippen LogP contribution in [-0.4, -0.2) is 34.8 Å². The Kier molecular flexibility index (Phi) is 7.58. The Labute approximate surface area is 150 Å². The molecule has 4 nitrogen and oxygen atoms in total. The average molecular weight is 394 g/mol. The summed E-state index contributed by atoms with van der Waals surface area (Å²) in [4.78, 5) is 24.8. The van der Waals surface area contributed by atoms with Crippen LogP contribution in [0.5, 0.6) is 0 Å². The molecule has 128 valence electrons. The molecule has 0 aromatic rings. The molecular formula is C14H20Cl4O4. The van der Waals surface area contributed by atoms with Crippen molar-refractivity contribution in [3.05, 3.63) is 0 Å². The zero-order valence-electron chi connectivity index (χ0n) is 12.5. The van der Waals surface area contributed by atoms with E-state index < -0.39 is 21.1 Å². The van der Waals surface area contributed by atoms with E-state index in [1.165, 1.54) is 0 Å². The third kappa shape index (κ3) is 4.80. The Morgan fingerprint density at radius 3 is 1.86 bits per heavy atom. The topological polar surface area (TPSA) is 52.6 Å². The van der Waals surface area contributed by atoms with E-state index in [-0.39, 0.29) is 50.2 Å². The van der Waals surface area contributed by atoms with Crippen LogP contribution in [0.4, 0.5) is 0 Å². The third-order valence-corrected chi connectivity index (χ3v) is 4.77. The summed E-state index contributed by atoms with van der Waals surface area (Å²) in [7, 11) is 0. The molecule has 0 spiro atoms. The van der Waals surface area contributed by atoms with Gasteiger partial charge in [0.05, 0.1) is 13.2 Å². The molecule has 2 atom stereocenters. The molecule has 8 heteroatoms. The van der Waals surface area contributed by atoms with Crippen LogP contribution < -0.4 is 0 Å². The summed E-state index contributed by atoms with van der Waals surface area (Å²) in [6.07, 6.45) is 0.686. The second kappa shape index (κ2) is 8.27. The number of rotatable bonds is 6. The summed E-state index contributed by atoms with van der Waals surface area (Å²) >= 11 is 23.6. The Morgan fingerprint density at radius 1 is 1.05 bits per heavy atom. The number of hydrogen-bond donors (Lipinski definition) is 0. The van der Waals surface area contributed by atoms with Crippen LogP contribution in [0.3, 0.4) is 0 Å². The minimum Gasteiger partial charge on any atom is -0.465 e. The molecule has 1 rings (SSSR count). The monoisotopic (exact) mass is 392 g/mol. The minimum atomic E-state index is -1.46. The van der Waals surface area contributed by atoms with Crippen LogP contribution in [0, 0.1) is 17.3 Å². The lowest BCUT2D eigenvalue weighted by molar-refractivity contribution is -0.172. The molecule has 0 saturated heterocycles. The summed E-state index contributed by atoms with van der Waals surface area (Å²) in [5.74, 6) is -1.19. The van der Waals surface area contributed by atoms with Gasteiger partial charge in [-0.15, -0.1) is 11.6 Å². The van der Waals surface area contributed by atoms with Gasteiger partial charge in [-0.1, -0.05) is 34.8 Å². The number of hydrogen-bond acceptors (Lipinski definition) is 4. The van der Waals surface area contributed by atoms with Gasteiger partial charge in [0.15, 0.2) is 9.21 Å². The quantitative estimate of drug-likeness (QED) is 0.386. The normalized spacial score (nSPS) is 24.1. The van der Waals surface area contributed by atoms with Crippen LogP contribution in [0.25, 0.3) is 0 Å². The van der Waals surface area contributed by atoms with E-state index in [9.17, 15) is 9.59 Å². The molecule has 0 radical (unpaired) electrons. The van der Waals surface area contributed by atoms with Gasteiger partial charge in [0.25, 0.3) is 0 Å². The smallest absolute Gasteiger partial charge is 0.323 e. The van der Waals surface area contributed by atoms with Crippen LogP contribution in [0.1, 0.15) is 33.1 Å². The number of carbonyl (C=O) groups excluding carboxylic acids is 2. The predicted octanol–water partition coefficient (Wildman–Crippen LogP) is 4.12. The molecular weight excluding hydrogens is 374 g/mol. The highest BCUT2D eigenvalue weighted by atomic mass is 35.6. The number of ether oxygens (including phenoxy) is 2. The van der Waals surface area contributed by atoms with Crippen molar-refractivity contribution in [3.8, 4) is 0 Å². The van der Waals surface area contributed by atoms with Crippen molar-refractivity contribution in [3.63, 3.8) is 0 Å². The molecule has 0 amide bonds. The Hall–Kier alpha value is 0.1000. The molecule has 0 bridgehead atoms. The molecule has 0 heterocycles. The third-order valence-electron chi connectivity index (χ3n) is 3.91. The van der Waals surface area contributed by atoms with E-state index in [4.69, 9.17) is 55.9 Å². The van der Waals surface area contributed by atoms with E-state index in [2.05, 4.69) is 0 Å². The van der Waals surface area contributed by atoms with E-state index in [0.29, 0.717) is 0 Å². The first-order valence-corrected chi connectivity index (χ1v) is 8.84. The van der Waals surface area contributed by atoms with Crippen molar-refractivity contribution in [2.75, 3.05) is 19.1 Å². The standard InChI is InChI=1S/C14H20Cl4O4/c1-3-21-11(19)13(12(20)22-4-2)5-9(7-14(16,17)18)10(6-13)8-15/h9-10H,3-8H2,1-2H3/t9-,10+/m0/s1. The van der Waals surface area contributed by atoms with Gasteiger partial charge < -0.3 is 9.47 Å². The maximum Gasteiger partial charge on any atom is 0.323 e. The van der Waals surface area contributed by atoms with Crippen molar-refractivity contribution in [1.29, 1.82) is 0 Å². The number of halogens is 4. The fourth-order valence-electron chi connectivity index (χ4n) is 2.98. The summed E-state index contributed by atoms with van der Waals surface area (Å²) in [5.41, 5.74) is -1.36. The zero-order valence-corrected chi connectivity index (χ0v) is 15.6. The summed E-state index contributed by atoms with van der Waals surface area (Å²) in [6.45, 7) is 3.73. The molecule has 22 heavy (non-hydrogen) atoms. The van der Waals surface area contributed by atoms with Crippen molar-refractivity contribution in [2.24, 2.45) is 17.3 Å². The molecule has 0 aliphatic heterocycles. The van der Waals surface area contributed by atoms with Crippen LogP contribution in [0.2, 0.25) is 0 Å². The SMILES string of the molecule is CCOC(=O)C1(C(=O)OCC)C[C@@H](CC(Cl)(Cl)Cl)[C@@H](CCl)C1. The Morgan fingerprint density at radius 2 is 1.50 bits per heavy atom. The predicted molar refractivity (Wildman–Crippen MR) is 87.5 cm³/mol. The van der Waals surface area contributed by atoms with Gasteiger partial charge in [0.2, 0.25) is 0 Å². The van der Waals surface area contributed by atoms with E-state index in [1.807, 2.05) is 0 Å². The van der Waals surface area contributed by atoms with Gasteiger partial charge in [-0.25, -0.2) is 0 Å². The van der Waals surface area contributed by atoms with Crippen LogP contribution >= 0.6 is 46.4 Å². The number of carbonyl (C=O) groups is 2. The van der Waals surface area contributed by atoms with Crippen molar-refractivity contribution in [2.45, 2.75) is 36.9 Å². The van der Waals surface area contributed by atoms with Crippen LogP contribution in [-0.2, 0) is 19.1 Å². The maximum absolute atomic E-state index is 12.4. The molecule has 1 aliphatic carbocycles. The fourth-order valence-corrected chi connectivity index (χ4v) is 3.94. The van der Waals surface area contributed by atoms with Gasteiger partial charge in [-0.05, 0) is 44.9 Å². The molecule has 0 aromatic heterocycles. The summed E-state index contributed by atoms with van der Waals surface area (Å²) in [6, 6.07) is 0. The molecule has 1 saturated carbocycles. The van der Waals surface area contributed by atoms with Gasteiger partial charge in [0, 0.05) is 5.88 Å². The van der Waals surface area contributed by atoms with Crippen molar-refractivity contribution >= 4 is 58.3 Å². The van der Waals surface area contributed by atoms with E-state index in [0.717, 1.165) is 0 Å².